The lowest BCUT2D eigenvalue weighted by atomic mass is 10.1. The van der Waals surface area contributed by atoms with Crippen LogP contribution in [0.5, 0.6) is 0 Å². The number of aromatic nitrogens is 2. The van der Waals surface area contributed by atoms with Crippen LogP contribution in [0.4, 0.5) is 0 Å². The second kappa shape index (κ2) is 4.80. The number of rotatable bonds is 3. The molecule has 5 nitrogen and oxygen atoms in total. The molecule has 1 aromatic carbocycles. The lowest BCUT2D eigenvalue weighted by Crippen LogP contribution is -1.96. The maximum Gasteiger partial charge on any atom is 0.280 e. The van der Waals surface area contributed by atoms with Crippen LogP contribution >= 0.6 is 10.7 Å². The molecule has 0 aliphatic rings. The topological polar surface area (TPSA) is 75.8 Å². The first-order valence-electron chi connectivity index (χ1n) is 4.94. The Balaban J connectivity index is 2.19. The van der Waals surface area contributed by atoms with Crippen LogP contribution in [0.25, 0.3) is 0 Å². The Bertz CT molecular complexity index is 699. The van der Waals surface area contributed by atoms with Gasteiger partial charge in [0.25, 0.3) is 9.05 Å². The fraction of sp³-hybridized carbons (Fsp3) is 0.0909. The Kier molecular flexibility index (Phi) is 3.36. The van der Waals surface area contributed by atoms with E-state index >= 15 is 0 Å². The zero-order valence-corrected chi connectivity index (χ0v) is 10.7. The van der Waals surface area contributed by atoms with Crippen LogP contribution in [0, 0.1) is 11.3 Å². The van der Waals surface area contributed by atoms with Crippen LogP contribution in [0.1, 0.15) is 11.1 Å². The first-order chi connectivity index (χ1) is 8.49. The van der Waals surface area contributed by atoms with Crippen molar-refractivity contribution in [2.45, 2.75) is 11.6 Å². The van der Waals surface area contributed by atoms with Crippen molar-refractivity contribution in [3.63, 3.8) is 0 Å². The molecule has 0 bridgehead atoms. The van der Waals surface area contributed by atoms with Crippen molar-refractivity contribution in [2.75, 3.05) is 0 Å². The molecule has 0 aliphatic carbocycles. The van der Waals surface area contributed by atoms with Gasteiger partial charge in [-0.1, -0.05) is 12.1 Å². The highest BCUT2D eigenvalue weighted by molar-refractivity contribution is 8.13. The number of hydrogen-bond acceptors (Lipinski definition) is 4. The first-order valence-corrected chi connectivity index (χ1v) is 7.25. The molecular weight excluding hydrogens is 274 g/mol. The highest BCUT2D eigenvalue weighted by Gasteiger charge is 2.13. The van der Waals surface area contributed by atoms with E-state index in [1.165, 1.54) is 12.5 Å². The average Bonchev–Trinajstić information content (AvgIpc) is 2.78. The standard InChI is InChI=1S/C11H8ClN3O2S/c12-18(16,17)11-7-15(8-14-11)6-10-3-1-9(5-13)2-4-10/h1-4,7-8H,6H2. The van der Waals surface area contributed by atoms with Gasteiger partial charge in [-0.2, -0.15) is 5.26 Å². The molecule has 1 heterocycles. The van der Waals surface area contributed by atoms with Crippen molar-refractivity contribution >= 4 is 19.7 Å². The summed E-state index contributed by atoms with van der Waals surface area (Å²) in [6.45, 7) is 0.463. The zero-order chi connectivity index (χ0) is 13.2. The minimum absolute atomic E-state index is 0.169. The summed E-state index contributed by atoms with van der Waals surface area (Å²) in [5.41, 5.74) is 1.51. The normalized spacial score (nSPS) is 11.1. The number of hydrogen-bond donors (Lipinski definition) is 0. The van der Waals surface area contributed by atoms with Crippen LogP contribution in [-0.4, -0.2) is 18.0 Å². The molecule has 0 radical (unpaired) electrons. The van der Waals surface area contributed by atoms with E-state index in [0.717, 1.165) is 5.56 Å². The first kappa shape index (κ1) is 12.6. The molecule has 2 rings (SSSR count). The molecule has 0 spiro atoms. The maximum absolute atomic E-state index is 11.0. The quantitative estimate of drug-likeness (QED) is 0.803. The summed E-state index contributed by atoms with van der Waals surface area (Å²) in [4.78, 5) is 3.71. The summed E-state index contributed by atoms with van der Waals surface area (Å²) in [6, 6.07) is 9.02. The third-order valence-corrected chi connectivity index (χ3v) is 3.49. The van der Waals surface area contributed by atoms with E-state index in [1.54, 1.807) is 28.8 Å². The van der Waals surface area contributed by atoms with Gasteiger partial charge in [0.1, 0.15) is 0 Å². The number of imidazole rings is 1. The highest BCUT2D eigenvalue weighted by atomic mass is 35.7. The van der Waals surface area contributed by atoms with E-state index < -0.39 is 9.05 Å². The molecule has 0 N–H and O–H groups in total. The fourth-order valence-electron chi connectivity index (χ4n) is 1.45. The van der Waals surface area contributed by atoms with Gasteiger partial charge in [0, 0.05) is 23.4 Å². The molecule has 1 aromatic heterocycles. The summed E-state index contributed by atoms with van der Waals surface area (Å²) >= 11 is 0. The molecule has 18 heavy (non-hydrogen) atoms. The molecule has 0 amide bonds. The lowest BCUT2D eigenvalue weighted by Gasteiger charge is -2.01. The van der Waals surface area contributed by atoms with Crippen LogP contribution < -0.4 is 0 Å². The summed E-state index contributed by atoms with van der Waals surface area (Å²) in [5.74, 6) is 0. The minimum atomic E-state index is -3.79. The van der Waals surface area contributed by atoms with Gasteiger partial charge in [0.2, 0.25) is 0 Å². The van der Waals surface area contributed by atoms with E-state index in [1.807, 2.05) is 6.07 Å². The largest absolute Gasteiger partial charge is 0.332 e. The average molecular weight is 282 g/mol. The fourth-order valence-corrected chi connectivity index (χ4v) is 2.12. The van der Waals surface area contributed by atoms with Gasteiger partial charge < -0.3 is 4.57 Å². The molecule has 2 aromatic rings. The van der Waals surface area contributed by atoms with Gasteiger partial charge in [-0.05, 0) is 17.7 Å². The maximum atomic E-state index is 11.0. The number of halogens is 1. The Morgan fingerprint density at radius 1 is 1.33 bits per heavy atom. The van der Waals surface area contributed by atoms with E-state index in [2.05, 4.69) is 4.98 Å². The Morgan fingerprint density at radius 2 is 2.00 bits per heavy atom. The van der Waals surface area contributed by atoms with Crippen LogP contribution in [0.2, 0.25) is 0 Å². The minimum Gasteiger partial charge on any atom is -0.332 e. The van der Waals surface area contributed by atoms with Crippen molar-refractivity contribution in [3.05, 3.63) is 47.9 Å². The van der Waals surface area contributed by atoms with Crippen molar-refractivity contribution in [1.82, 2.24) is 9.55 Å². The third kappa shape index (κ3) is 2.88. The van der Waals surface area contributed by atoms with Gasteiger partial charge in [-0.3, -0.25) is 0 Å². The molecule has 0 saturated heterocycles. The summed E-state index contributed by atoms with van der Waals surface area (Å²) in [7, 11) is 1.39. The van der Waals surface area contributed by atoms with Crippen LogP contribution in [-0.2, 0) is 15.6 Å². The molecule has 0 aliphatic heterocycles. The van der Waals surface area contributed by atoms with Crippen molar-refractivity contribution < 1.29 is 8.42 Å². The smallest absolute Gasteiger partial charge is 0.280 e. The van der Waals surface area contributed by atoms with E-state index in [0.29, 0.717) is 12.1 Å². The second-order valence-corrected chi connectivity index (χ2v) is 6.14. The molecule has 0 saturated carbocycles. The van der Waals surface area contributed by atoms with Crippen molar-refractivity contribution in [2.24, 2.45) is 0 Å². The van der Waals surface area contributed by atoms with Gasteiger partial charge in [-0.15, -0.1) is 0 Å². The number of nitriles is 1. The molecule has 0 fully saturated rings. The highest BCUT2D eigenvalue weighted by Crippen LogP contribution is 2.13. The predicted octanol–water partition coefficient (Wildman–Crippen LogP) is 1.73. The SMILES string of the molecule is N#Cc1ccc(Cn2cnc(S(=O)(=O)Cl)c2)cc1. The van der Waals surface area contributed by atoms with Gasteiger partial charge in [0.15, 0.2) is 5.03 Å². The lowest BCUT2D eigenvalue weighted by molar-refractivity contribution is 0.606. The second-order valence-electron chi connectivity index (χ2n) is 3.63. The number of nitrogens with zero attached hydrogens (tertiary/aromatic N) is 3. The Labute approximate surface area is 109 Å². The van der Waals surface area contributed by atoms with Gasteiger partial charge >= 0.3 is 0 Å². The van der Waals surface area contributed by atoms with Crippen molar-refractivity contribution in [3.8, 4) is 6.07 Å². The van der Waals surface area contributed by atoms with Crippen molar-refractivity contribution in [1.29, 1.82) is 5.26 Å². The van der Waals surface area contributed by atoms with E-state index in [4.69, 9.17) is 15.9 Å². The monoisotopic (exact) mass is 281 g/mol. The predicted molar refractivity (Wildman–Crippen MR) is 65.5 cm³/mol. The van der Waals surface area contributed by atoms with Crippen LogP contribution in [0.3, 0.4) is 0 Å². The van der Waals surface area contributed by atoms with Gasteiger partial charge in [-0.25, -0.2) is 13.4 Å². The Hall–Kier alpha value is -1.84. The van der Waals surface area contributed by atoms with Crippen LogP contribution in [0.15, 0.2) is 41.8 Å². The van der Waals surface area contributed by atoms with E-state index in [9.17, 15) is 8.42 Å². The molecule has 92 valence electrons. The third-order valence-electron chi connectivity index (χ3n) is 2.31. The molecule has 0 atom stereocenters. The van der Waals surface area contributed by atoms with E-state index in [-0.39, 0.29) is 5.03 Å². The molecular formula is C11H8ClN3O2S. The molecule has 7 heteroatoms. The van der Waals surface area contributed by atoms with Gasteiger partial charge in [0.05, 0.1) is 18.0 Å². The summed E-state index contributed by atoms with van der Waals surface area (Å²) < 4.78 is 23.7. The summed E-state index contributed by atoms with van der Waals surface area (Å²) in [6.07, 6.45) is 2.76. The summed E-state index contributed by atoms with van der Waals surface area (Å²) in [5, 5.41) is 8.50. The zero-order valence-electron chi connectivity index (χ0n) is 9.12. The Morgan fingerprint density at radius 3 is 2.50 bits per heavy atom. The molecule has 0 unspecified atom stereocenters. The number of benzene rings is 1.